The Labute approximate surface area is 93.0 Å². The summed E-state index contributed by atoms with van der Waals surface area (Å²) in [5.74, 6) is 1.92. The summed E-state index contributed by atoms with van der Waals surface area (Å²) in [5.41, 5.74) is 0. The zero-order chi connectivity index (χ0) is 11.0. The second-order valence-corrected chi connectivity index (χ2v) is 5.65. The number of carbonyl (C=O) groups is 1. The number of nitrogens with zero attached hydrogens (tertiary/aromatic N) is 1. The van der Waals surface area contributed by atoms with Gasteiger partial charge in [0.2, 0.25) is 0 Å². The molecule has 15 heavy (non-hydrogen) atoms. The minimum atomic E-state index is 0.476. The molecular weight excluding hydrogens is 186 g/mol. The zero-order valence-electron chi connectivity index (χ0n) is 10.2. The maximum Gasteiger partial charge on any atom is 0.134 e. The highest BCUT2D eigenvalue weighted by atomic mass is 16.1. The van der Waals surface area contributed by atoms with Crippen LogP contribution in [0.1, 0.15) is 46.0 Å². The number of hydrogen-bond acceptors (Lipinski definition) is 2. The maximum absolute atomic E-state index is 11.6. The van der Waals surface area contributed by atoms with Crippen LogP contribution in [0.25, 0.3) is 0 Å². The van der Waals surface area contributed by atoms with Gasteiger partial charge in [0.05, 0.1) is 0 Å². The van der Waals surface area contributed by atoms with Gasteiger partial charge in [-0.05, 0) is 38.1 Å². The molecule has 0 saturated heterocycles. The third-order valence-electron chi connectivity index (χ3n) is 4.19. The minimum absolute atomic E-state index is 0.476. The third-order valence-corrected chi connectivity index (χ3v) is 4.19. The third kappa shape index (κ3) is 2.41. The van der Waals surface area contributed by atoms with Crippen molar-refractivity contribution in [2.45, 2.75) is 58.0 Å². The Kier molecular flexibility index (Phi) is 3.15. The van der Waals surface area contributed by atoms with Crippen molar-refractivity contribution in [2.24, 2.45) is 11.8 Å². The molecule has 2 unspecified atom stereocenters. The van der Waals surface area contributed by atoms with E-state index in [4.69, 9.17) is 0 Å². The SMILES string of the molecule is CC(C)C1CCC(=O)CC1N(C)C1CC1. The number of hydrogen-bond donors (Lipinski definition) is 0. The number of carbonyl (C=O) groups excluding carboxylic acids is 1. The summed E-state index contributed by atoms with van der Waals surface area (Å²) < 4.78 is 0. The van der Waals surface area contributed by atoms with Gasteiger partial charge in [-0.15, -0.1) is 0 Å². The first-order valence-electron chi connectivity index (χ1n) is 6.33. The fourth-order valence-electron chi connectivity index (χ4n) is 2.98. The van der Waals surface area contributed by atoms with E-state index in [0.717, 1.165) is 31.2 Å². The molecule has 0 radical (unpaired) electrons. The molecule has 2 aliphatic rings. The fraction of sp³-hybridized carbons (Fsp3) is 0.923. The van der Waals surface area contributed by atoms with Gasteiger partial charge in [-0.1, -0.05) is 13.8 Å². The van der Waals surface area contributed by atoms with Crippen molar-refractivity contribution < 1.29 is 4.79 Å². The first-order chi connectivity index (χ1) is 7.09. The van der Waals surface area contributed by atoms with E-state index in [1.165, 1.54) is 12.8 Å². The minimum Gasteiger partial charge on any atom is -0.300 e. The van der Waals surface area contributed by atoms with Gasteiger partial charge in [0.25, 0.3) is 0 Å². The number of ketones is 1. The van der Waals surface area contributed by atoms with Gasteiger partial charge in [0, 0.05) is 24.9 Å². The van der Waals surface area contributed by atoms with Crippen molar-refractivity contribution >= 4 is 5.78 Å². The van der Waals surface area contributed by atoms with E-state index in [-0.39, 0.29) is 0 Å². The molecule has 2 rings (SSSR count). The Morgan fingerprint density at radius 2 is 1.93 bits per heavy atom. The quantitative estimate of drug-likeness (QED) is 0.711. The molecule has 0 heterocycles. The highest BCUT2D eigenvalue weighted by molar-refractivity contribution is 5.79. The van der Waals surface area contributed by atoms with Crippen molar-refractivity contribution in [1.29, 1.82) is 0 Å². The van der Waals surface area contributed by atoms with Gasteiger partial charge in [0.1, 0.15) is 5.78 Å². The zero-order valence-corrected chi connectivity index (χ0v) is 10.2. The molecule has 0 aromatic carbocycles. The molecule has 0 amide bonds. The van der Waals surface area contributed by atoms with Gasteiger partial charge in [-0.3, -0.25) is 9.69 Å². The predicted molar refractivity (Wildman–Crippen MR) is 61.8 cm³/mol. The van der Waals surface area contributed by atoms with E-state index >= 15 is 0 Å². The van der Waals surface area contributed by atoms with Crippen LogP contribution in [0.4, 0.5) is 0 Å². The van der Waals surface area contributed by atoms with E-state index in [2.05, 4.69) is 25.8 Å². The smallest absolute Gasteiger partial charge is 0.134 e. The molecule has 2 aliphatic carbocycles. The molecule has 2 nitrogen and oxygen atoms in total. The largest absolute Gasteiger partial charge is 0.300 e. The fourth-order valence-corrected chi connectivity index (χ4v) is 2.98. The van der Waals surface area contributed by atoms with Crippen LogP contribution in [-0.2, 0) is 4.79 Å². The first kappa shape index (κ1) is 11.1. The van der Waals surface area contributed by atoms with Crippen molar-refractivity contribution in [3.8, 4) is 0 Å². The number of Topliss-reactive ketones (excluding diaryl/α,β-unsaturated/α-hetero) is 1. The summed E-state index contributed by atoms with van der Waals surface area (Å²) in [6, 6.07) is 1.31. The first-order valence-corrected chi connectivity index (χ1v) is 6.33. The second-order valence-electron chi connectivity index (χ2n) is 5.65. The average Bonchev–Trinajstić information content (AvgIpc) is 2.99. The summed E-state index contributed by atoms with van der Waals surface area (Å²) in [7, 11) is 2.22. The molecule has 2 saturated carbocycles. The highest BCUT2D eigenvalue weighted by Gasteiger charge is 2.39. The summed E-state index contributed by atoms with van der Waals surface area (Å²) in [5, 5.41) is 0. The van der Waals surface area contributed by atoms with Crippen molar-refractivity contribution in [2.75, 3.05) is 7.05 Å². The predicted octanol–water partition coefficient (Wildman–Crippen LogP) is 2.47. The van der Waals surface area contributed by atoms with Crippen molar-refractivity contribution in [3.63, 3.8) is 0 Å². The molecule has 0 aromatic rings. The molecule has 0 bridgehead atoms. The van der Waals surface area contributed by atoms with Crippen LogP contribution in [0, 0.1) is 11.8 Å². The van der Waals surface area contributed by atoms with Gasteiger partial charge >= 0.3 is 0 Å². The Bertz CT molecular complexity index is 245. The van der Waals surface area contributed by atoms with Gasteiger partial charge in [0.15, 0.2) is 0 Å². The molecule has 86 valence electrons. The van der Waals surface area contributed by atoms with E-state index < -0.39 is 0 Å². The Balaban J connectivity index is 2.04. The maximum atomic E-state index is 11.6. The standard InChI is InChI=1S/C13H23NO/c1-9(2)12-7-6-11(15)8-13(12)14(3)10-4-5-10/h9-10,12-13H,4-8H2,1-3H3. The highest BCUT2D eigenvalue weighted by Crippen LogP contribution is 2.36. The summed E-state index contributed by atoms with van der Waals surface area (Å²) in [6.07, 6.45) is 5.41. The van der Waals surface area contributed by atoms with E-state index in [9.17, 15) is 4.79 Å². The van der Waals surface area contributed by atoms with Crippen LogP contribution < -0.4 is 0 Å². The van der Waals surface area contributed by atoms with Crippen LogP contribution in [0.5, 0.6) is 0 Å². The summed E-state index contributed by atoms with van der Waals surface area (Å²) in [4.78, 5) is 14.1. The topological polar surface area (TPSA) is 20.3 Å². The number of rotatable bonds is 3. The lowest BCUT2D eigenvalue weighted by atomic mass is 9.76. The molecule has 0 spiro atoms. The van der Waals surface area contributed by atoms with Crippen LogP contribution in [0.3, 0.4) is 0 Å². The lowest BCUT2D eigenvalue weighted by molar-refractivity contribution is -0.123. The molecular formula is C13H23NO. The van der Waals surface area contributed by atoms with Crippen LogP contribution >= 0.6 is 0 Å². The molecule has 0 aliphatic heterocycles. The Hall–Kier alpha value is -0.370. The van der Waals surface area contributed by atoms with Crippen LogP contribution in [0.15, 0.2) is 0 Å². The average molecular weight is 209 g/mol. The van der Waals surface area contributed by atoms with Crippen molar-refractivity contribution in [1.82, 2.24) is 4.90 Å². The lowest BCUT2D eigenvalue weighted by Gasteiger charge is -2.39. The van der Waals surface area contributed by atoms with E-state index in [1.54, 1.807) is 0 Å². The molecule has 2 fully saturated rings. The van der Waals surface area contributed by atoms with Gasteiger partial charge < -0.3 is 0 Å². The van der Waals surface area contributed by atoms with Gasteiger partial charge in [-0.25, -0.2) is 0 Å². The van der Waals surface area contributed by atoms with Crippen molar-refractivity contribution in [3.05, 3.63) is 0 Å². The lowest BCUT2D eigenvalue weighted by Crippen LogP contribution is -2.45. The second kappa shape index (κ2) is 4.25. The molecule has 0 aromatic heterocycles. The van der Waals surface area contributed by atoms with Crippen LogP contribution in [-0.4, -0.2) is 29.8 Å². The molecule has 0 N–H and O–H groups in total. The molecule has 2 atom stereocenters. The van der Waals surface area contributed by atoms with E-state index in [1.807, 2.05) is 0 Å². The Morgan fingerprint density at radius 3 is 2.47 bits per heavy atom. The summed E-state index contributed by atoms with van der Waals surface area (Å²) >= 11 is 0. The Morgan fingerprint density at radius 1 is 1.27 bits per heavy atom. The van der Waals surface area contributed by atoms with Crippen LogP contribution in [0.2, 0.25) is 0 Å². The summed E-state index contributed by atoms with van der Waals surface area (Å²) in [6.45, 7) is 4.60. The molecule has 2 heteroatoms. The van der Waals surface area contributed by atoms with E-state index in [0.29, 0.717) is 17.7 Å². The monoisotopic (exact) mass is 209 g/mol. The normalized spacial score (nSPS) is 32.7. The van der Waals surface area contributed by atoms with Gasteiger partial charge in [-0.2, -0.15) is 0 Å².